The van der Waals surface area contributed by atoms with Crippen molar-refractivity contribution in [2.24, 2.45) is 0 Å². The summed E-state index contributed by atoms with van der Waals surface area (Å²) in [6.07, 6.45) is 1.94. The number of anilines is 1. The molecule has 1 aliphatic heterocycles. The minimum Gasteiger partial charge on any atom is -0.377 e. The van der Waals surface area contributed by atoms with Crippen molar-refractivity contribution in [3.63, 3.8) is 0 Å². The molecule has 0 spiro atoms. The first-order valence-corrected chi connectivity index (χ1v) is 6.74. The van der Waals surface area contributed by atoms with Crippen LogP contribution in [-0.2, 0) is 4.74 Å². The van der Waals surface area contributed by atoms with Crippen LogP contribution in [0.15, 0.2) is 11.2 Å². The summed E-state index contributed by atoms with van der Waals surface area (Å²) in [6, 6.07) is 2.14. The molecule has 16 heavy (non-hydrogen) atoms. The van der Waals surface area contributed by atoms with E-state index in [1.165, 1.54) is 11.8 Å². The molecule has 88 valence electrons. The van der Waals surface area contributed by atoms with Gasteiger partial charge in [0, 0.05) is 12.6 Å². The van der Waals surface area contributed by atoms with Crippen LogP contribution in [0, 0.1) is 0 Å². The standard InChI is InChI=1S/C10H14ClN3OS/c1-7-6-15-4-3-14(7)9-5-8(11)12-10(13-9)16-2/h5,7H,3-4,6H2,1-2H3. The molecule has 2 heterocycles. The third-order valence-electron chi connectivity index (χ3n) is 2.51. The molecule has 4 nitrogen and oxygen atoms in total. The summed E-state index contributed by atoms with van der Waals surface area (Å²) in [6.45, 7) is 4.44. The van der Waals surface area contributed by atoms with Gasteiger partial charge >= 0.3 is 0 Å². The molecule has 2 rings (SSSR count). The molecule has 1 fully saturated rings. The van der Waals surface area contributed by atoms with Crippen molar-refractivity contribution in [2.75, 3.05) is 30.9 Å². The first-order valence-electron chi connectivity index (χ1n) is 5.13. The van der Waals surface area contributed by atoms with Crippen molar-refractivity contribution >= 4 is 29.2 Å². The van der Waals surface area contributed by atoms with E-state index in [9.17, 15) is 0 Å². The second-order valence-electron chi connectivity index (χ2n) is 3.65. The van der Waals surface area contributed by atoms with Crippen LogP contribution < -0.4 is 4.90 Å². The Bertz CT molecular complexity index is 377. The molecule has 1 aliphatic rings. The zero-order valence-electron chi connectivity index (χ0n) is 9.31. The zero-order valence-corrected chi connectivity index (χ0v) is 10.9. The summed E-state index contributed by atoms with van der Waals surface area (Å²) in [5, 5.41) is 1.20. The molecule has 0 N–H and O–H groups in total. The van der Waals surface area contributed by atoms with Crippen molar-refractivity contribution in [1.82, 2.24) is 9.97 Å². The van der Waals surface area contributed by atoms with E-state index < -0.39 is 0 Å². The molecule has 1 saturated heterocycles. The Morgan fingerprint density at radius 3 is 3.06 bits per heavy atom. The van der Waals surface area contributed by atoms with Gasteiger partial charge in [0.2, 0.25) is 0 Å². The molecule has 0 aromatic carbocycles. The Hall–Kier alpha value is -0.520. The SMILES string of the molecule is CSc1nc(Cl)cc(N2CCOCC2C)n1. The molecule has 1 atom stereocenters. The monoisotopic (exact) mass is 259 g/mol. The highest BCUT2D eigenvalue weighted by Crippen LogP contribution is 2.23. The third-order valence-corrected chi connectivity index (χ3v) is 3.25. The molecule has 0 saturated carbocycles. The highest BCUT2D eigenvalue weighted by Gasteiger charge is 2.21. The van der Waals surface area contributed by atoms with E-state index in [4.69, 9.17) is 16.3 Å². The van der Waals surface area contributed by atoms with Crippen LogP contribution in [0.5, 0.6) is 0 Å². The topological polar surface area (TPSA) is 38.2 Å². The van der Waals surface area contributed by atoms with Crippen LogP contribution in [-0.4, -0.2) is 42.0 Å². The summed E-state index contributed by atoms with van der Waals surface area (Å²) in [7, 11) is 0. The van der Waals surface area contributed by atoms with Crippen LogP contribution in [0.4, 0.5) is 5.82 Å². The lowest BCUT2D eigenvalue weighted by molar-refractivity contribution is 0.0984. The third kappa shape index (κ3) is 2.59. The van der Waals surface area contributed by atoms with Crippen LogP contribution in [0.2, 0.25) is 5.15 Å². The minimum atomic E-state index is 0.328. The van der Waals surface area contributed by atoms with Gasteiger partial charge in [-0.3, -0.25) is 0 Å². The van der Waals surface area contributed by atoms with Crippen molar-refractivity contribution in [3.05, 3.63) is 11.2 Å². The van der Waals surface area contributed by atoms with Gasteiger partial charge in [0.15, 0.2) is 5.16 Å². The Balaban J connectivity index is 2.27. The zero-order chi connectivity index (χ0) is 11.5. The van der Waals surface area contributed by atoms with E-state index in [1.54, 1.807) is 0 Å². The number of thioether (sulfide) groups is 1. The first-order chi connectivity index (χ1) is 7.70. The maximum absolute atomic E-state index is 5.97. The van der Waals surface area contributed by atoms with Crippen LogP contribution >= 0.6 is 23.4 Å². The number of hydrogen-bond donors (Lipinski definition) is 0. The lowest BCUT2D eigenvalue weighted by Crippen LogP contribution is -2.44. The molecular formula is C10H14ClN3OS. The van der Waals surface area contributed by atoms with Gasteiger partial charge in [-0.1, -0.05) is 23.4 Å². The van der Waals surface area contributed by atoms with E-state index >= 15 is 0 Å². The Kier molecular flexibility index (Phi) is 3.89. The molecule has 0 radical (unpaired) electrons. The van der Waals surface area contributed by atoms with Gasteiger partial charge in [-0.15, -0.1) is 0 Å². The lowest BCUT2D eigenvalue weighted by Gasteiger charge is -2.34. The normalized spacial score (nSPS) is 21.2. The molecule has 1 aromatic heterocycles. The molecule has 1 aromatic rings. The molecule has 0 amide bonds. The molecular weight excluding hydrogens is 246 g/mol. The Labute approximate surface area is 104 Å². The van der Waals surface area contributed by atoms with Crippen molar-refractivity contribution in [3.8, 4) is 0 Å². The number of rotatable bonds is 2. The first kappa shape index (κ1) is 12.0. The maximum atomic E-state index is 5.97. The Morgan fingerprint density at radius 1 is 1.56 bits per heavy atom. The van der Waals surface area contributed by atoms with E-state index in [0.717, 1.165) is 25.6 Å². The summed E-state index contributed by atoms with van der Waals surface area (Å²) >= 11 is 7.47. The number of halogens is 1. The van der Waals surface area contributed by atoms with E-state index in [2.05, 4.69) is 21.8 Å². The Morgan fingerprint density at radius 2 is 2.38 bits per heavy atom. The predicted octanol–water partition coefficient (Wildman–Crippen LogP) is 2.08. The summed E-state index contributed by atoms with van der Waals surface area (Å²) in [5.41, 5.74) is 0. The maximum Gasteiger partial charge on any atom is 0.190 e. The largest absolute Gasteiger partial charge is 0.377 e. The number of morpholine rings is 1. The molecule has 1 unspecified atom stereocenters. The van der Waals surface area contributed by atoms with Gasteiger partial charge in [0.1, 0.15) is 11.0 Å². The molecule has 6 heteroatoms. The second kappa shape index (κ2) is 5.21. The van der Waals surface area contributed by atoms with Crippen molar-refractivity contribution < 1.29 is 4.74 Å². The van der Waals surface area contributed by atoms with Crippen LogP contribution in [0.1, 0.15) is 6.92 Å². The number of aromatic nitrogens is 2. The molecule has 0 bridgehead atoms. The van der Waals surface area contributed by atoms with Crippen molar-refractivity contribution in [2.45, 2.75) is 18.1 Å². The number of ether oxygens (including phenoxy) is 1. The number of hydrogen-bond acceptors (Lipinski definition) is 5. The predicted molar refractivity (Wildman–Crippen MR) is 66.5 cm³/mol. The van der Waals surface area contributed by atoms with Gasteiger partial charge in [0.25, 0.3) is 0 Å². The highest BCUT2D eigenvalue weighted by atomic mass is 35.5. The minimum absolute atomic E-state index is 0.328. The average molecular weight is 260 g/mol. The summed E-state index contributed by atoms with van der Waals surface area (Å²) in [5.74, 6) is 0.889. The van der Waals surface area contributed by atoms with Crippen molar-refractivity contribution in [1.29, 1.82) is 0 Å². The van der Waals surface area contributed by atoms with E-state index in [-0.39, 0.29) is 0 Å². The quantitative estimate of drug-likeness (QED) is 0.462. The van der Waals surface area contributed by atoms with Gasteiger partial charge in [0.05, 0.1) is 19.3 Å². The van der Waals surface area contributed by atoms with Gasteiger partial charge in [-0.05, 0) is 13.2 Å². The highest BCUT2D eigenvalue weighted by molar-refractivity contribution is 7.98. The van der Waals surface area contributed by atoms with Crippen LogP contribution in [0.25, 0.3) is 0 Å². The molecule has 0 aliphatic carbocycles. The van der Waals surface area contributed by atoms with Gasteiger partial charge in [-0.25, -0.2) is 9.97 Å². The average Bonchev–Trinajstić information content (AvgIpc) is 2.28. The smallest absolute Gasteiger partial charge is 0.190 e. The van der Waals surface area contributed by atoms with Gasteiger partial charge < -0.3 is 9.64 Å². The second-order valence-corrected chi connectivity index (χ2v) is 4.81. The fraction of sp³-hybridized carbons (Fsp3) is 0.600. The van der Waals surface area contributed by atoms with E-state index in [1.807, 2.05) is 12.3 Å². The summed E-state index contributed by atoms with van der Waals surface area (Å²) < 4.78 is 5.40. The fourth-order valence-corrected chi connectivity index (χ4v) is 2.29. The lowest BCUT2D eigenvalue weighted by atomic mass is 10.2. The number of nitrogens with zero attached hydrogens (tertiary/aromatic N) is 3. The van der Waals surface area contributed by atoms with Crippen LogP contribution in [0.3, 0.4) is 0 Å². The fourth-order valence-electron chi connectivity index (χ4n) is 1.69. The van der Waals surface area contributed by atoms with E-state index in [0.29, 0.717) is 16.4 Å². The van der Waals surface area contributed by atoms with Gasteiger partial charge in [-0.2, -0.15) is 0 Å². The summed E-state index contributed by atoms with van der Waals surface area (Å²) in [4.78, 5) is 10.8.